The van der Waals surface area contributed by atoms with Crippen molar-refractivity contribution in [3.05, 3.63) is 0 Å². The van der Waals surface area contributed by atoms with E-state index in [4.69, 9.17) is 9.84 Å². The van der Waals surface area contributed by atoms with E-state index >= 15 is 0 Å². The molecule has 5 nitrogen and oxygen atoms in total. The number of carboxylic acid groups (broad SMARTS) is 1. The summed E-state index contributed by atoms with van der Waals surface area (Å²) in [6.07, 6.45) is 2.57. The first-order chi connectivity index (χ1) is 8.72. The number of carboxylic acids is 1. The molecular weight excluding hydrogens is 232 g/mol. The fourth-order valence-electron chi connectivity index (χ4n) is 2.03. The number of rotatable bonds is 9. The Kier molecular flexibility index (Phi) is 7.96. The number of hydrogen-bond donors (Lipinski definition) is 1. The van der Waals surface area contributed by atoms with E-state index in [0.29, 0.717) is 6.54 Å². The van der Waals surface area contributed by atoms with E-state index in [1.165, 1.54) is 6.42 Å². The van der Waals surface area contributed by atoms with Crippen LogP contribution in [0.4, 0.5) is 0 Å². The van der Waals surface area contributed by atoms with Crippen LogP contribution in [0.2, 0.25) is 0 Å². The normalized spacial score (nSPS) is 18.1. The van der Waals surface area contributed by atoms with Crippen molar-refractivity contribution < 1.29 is 14.6 Å². The average Bonchev–Trinajstić information content (AvgIpc) is 2.37. The summed E-state index contributed by atoms with van der Waals surface area (Å²) in [5, 5.41) is 8.63. The minimum absolute atomic E-state index is 0.250. The van der Waals surface area contributed by atoms with Gasteiger partial charge in [-0.15, -0.1) is 0 Å². The summed E-state index contributed by atoms with van der Waals surface area (Å²) in [6, 6.07) is 0. The molecule has 0 aliphatic carbocycles. The molecule has 106 valence electrons. The second-order valence-electron chi connectivity index (χ2n) is 4.79. The number of unbranched alkanes of at least 4 members (excludes halogenated alkanes) is 1. The van der Waals surface area contributed by atoms with Gasteiger partial charge in [0.2, 0.25) is 0 Å². The maximum absolute atomic E-state index is 10.5. The van der Waals surface area contributed by atoms with E-state index in [0.717, 1.165) is 52.4 Å². The molecule has 1 fully saturated rings. The SMILES string of the molecule is CCCCOCCN1CCN(CCC(=O)O)CC1. The molecule has 18 heavy (non-hydrogen) atoms. The Morgan fingerprint density at radius 3 is 2.28 bits per heavy atom. The predicted molar refractivity (Wildman–Crippen MR) is 70.9 cm³/mol. The zero-order chi connectivity index (χ0) is 13.2. The summed E-state index contributed by atoms with van der Waals surface area (Å²) in [5.74, 6) is -0.707. The van der Waals surface area contributed by atoms with Crippen LogP contribution in [0.5, 0.6) is 0 Å². The Hall–Kier alpha value is -0.650. The highest BCUT2D eigenvalue weighted by Crippen LogP contribution is 2.02. The Bertz CT molecular complexity index is 228. The average molecular weight is 258 g/mol. The first kappa shape index (κ1) is 15.4. The molecule has 0 bridgehead atoms. The van der Waals surface area contributed by atoms with Gasteiger partial charge in [0.15, 0.2) is 0 Å². The lowest BCUT2D eigenvalue weighted by Gasteiger charge is -2.34. The molecule has 0 saturated carbocycles. The number of aliphatic carboxylic acids is 1. The van der Waals surface area contributed by atoms with E-state index in [9.17, 15) is 4.79 Å². The molecule has 0 amide bonds. The zero-order valence-corrected chi connectivity index (χ0v) is 11.4. The molecule has 0 aromatic rings. The fourth-order valence-corrected chi connectivity index (χ4v) is 2.03. The Morgan fingerprint density at radius 2 is 1.72 bits per heavy atom. The van der Waals surface area contributed by atoms with Crippen LogP contribution in [0.15, 0.2) is 0 Å². The fraction of sp³-hybridized carbons (Fsp3) is 0.923. The van der Waals surface area contributed by atoms with Crippen molar-refractivity contribution in [2.75, 3.05) is 52.5 Å². The lowest BCUT2D eigenvalue weighted by molar-refractivity contribution is -0.137. The van der Waals surface area contributed by atoms with Crippen molar-refractivity contribution >= 4 is 5.97 Å². The van der Waals surface area contributed by atoms with Gasteiger partial charge in [-0.05, 0) is 6.42 Å². The number of ether oxygens (including phenoxy) is 1. The molecule has 1 rings (SSSR count). The molecule has 1 heterocycles. The third-order valence-corrected chi connectivity index (χ3v) is 3.30. The van der Waals surface area contributed by atoms with Crippen LogP contribution in [0.25, 0.3) is 0 Å². The molecule has 1 aliphatic rings. The molecule has 0 spiro atoms. The Morgan fingerprint density at radius 1 is 1.11 bits per heavy atom. The number of carbonyl (C=O) groups is 1. The van der Waals surface area contributed by atoms with Gasteiger partial charge in [-0.25, -0.2) is 0 Å². The lowest BCUT2D eigenvalue weighted by atomic mass is 10.3. The molecule has 1 aliphatic heterocycles. The van der Waals surface area contributed by atoms with E-state index in [-0.39, 0.29) is 6.42 Å². The van der Waals surface area contributed by atoms with Crippen molar-refractivity contribution in [2.24, 2.45) is 0 Å². The standard InChI is InChI=1S/C13H26N2O3/c1-2-3-11-18-12-10-15-8-6-14(7-9-15)5-4-13(16)17/h2-12H2,1H3,(H,16,17). The number of piperazine rings is 1. The Labute approximate surface area is 110 Å². The first-order valence-electron chi connectivity index (χ1n) is 6.96. The van der Waals surface area contributed by atoms with Crippen molar-refractivity contribution in [1.82, 2.24) is 9.80 Å². The number of nitrogens with zero attached hydrogens (tertiary/aromatic N) is 2. The summed E-state index contributed by atoms with van der Waals surface area (Å²) < 4.78 is 5.55. The molecule has 1 N–H and O–H groups in total. The third kappa shape index (κ3) is 6.93. The van der Waals surface area contributed by atoms with Crippen LogP contribution in [0.3, 0.4) is 0 Å². The molecule has 0 atom stereocenters. The molecule has 0 radical (unpaired) electrons. The highest BCUT2D eigenvalue weighted by molar-refractivity contribution is 5.66. The van der Waals surface area contributed by atoms with E-state index in [1.54, 1.807) is 0 Å². The predicted octanol–water partition coefficient (Wildman–Crippen LogP) is 0.895. The molecule has 0 aromatic heterocycles. The monoisotopic (exact) mass is 258 g/mol. The third-order valence-electron chi connectivity index (χ3n) is 3.30. The van der Waals surface area contributed by atoms with Gasteiger partial charge in [0.05, 0.1) is 13.0 Å². The highest BCUT2D eigenvalue weighted by atomic mass is 16.5. The van der Waals surface area contributed by atoms with E-state index in [2.05, 4.69) is 16.7 Å². The highest BCUT2D eigenvalue weighted by Gasteiger charge is 2.16. The smallest absolute Gasteiger partial charge is 0.304 e. The molecule has 1 saturated heterocycles. The summed E-state index contributed by atoms with van der Waals surface area (Å²) in [5.41, 5.74) is 0. The van der Waals surface area contributed by atoms with Crippen LogP contribution in [-0.4, -0.2) is 73.4 Å². The Balaban J connectivity index is 1.99. The second kappa shape index (κ2) is 9.30. The number of hydrogen-bond acceptors (Lipinski definition) is 4. The summed E-state index contributed by atoms with van der Waals surface area (Å²) in [4.78, 5) is 15.1. The van der Waals surface area contributed by atoms with Gasteiger partial charge in [-0.3, -0.25) is 9.69 Å². The van der Waals surface area contributed by atoms with Gasteiger partial charge >= 0.3 is 5.97 Å². The maximum Gasteiger partial charge on any atom is 0.304 e. The maximum atomic E-state index is 10.5. The van der Waals surface area contributed by atoms with Gasteiger partial charge in [-0.2, -0.15) is 0 Å². The van der Waals surface area contributed by atoms with E-state index < -0.39 is 5.97 Å². The van der Waals surface area contributed by atoms with Crippen molar-refractivity contribution in [1.29, 1.82) is 0 Å². The lowest BCUT2D eigenvalue weighted by Crippen LogP contribution is -2.47. The molecule has 5 heteroatoms. The van der Waals surface area contributed by atoms with E-state index in [1.807, 2.05) is 0 Å². The van der Waals surface area contributed by atoms with Crippen molar-refractivity contribution in [3.63, 3.8) is 0 Å². The van der Waals surface area contributed by atoms with Crippen molar-refractivity contribution in [2.45, 2.75) is 26.2 Å². The van der Waals surface area contributed by atoms with Gasteiger partial charge < -0.3 is 14.7 Å². The molecule has 0 aromatic carbocycles. The topological polar surface area (TPSA) is 53.0 Å². The van der Waals surface area contributed by atoms with Crippen molar-refractivity contribution in [3.8, 4) is 0 Å². The van der Waals surface area contributed by atoms with Gasteiger partial charge in [0.25, 0.3) is 0 Å². The molecule has 0 unspecified atom stereocenters. The quantitative estimate of drug-likeness (QED) is 0.623. The van der Waals surface area contributed by atoms with Crippen LogP contribution < -0.4 is 0 Å². The summed E-state index contributed by atoms with van der Waals surface area (Å²) in [6.45, 7) is 9.52. The summed E-state index contributed by atoms with van der Waals surface area (Å²) in [7, 11) is 0. The van der Waals surface area contributed by atoms with Gasteiger partial charge in [0.1, 0.15) is 0 Å². The van der Waals surface area contributed by atoms with Gasteiger partial charge in [0, 0.05) is 45.9 Å². The minimum Gasteiger partial charge on any atom is -0.481 e. The summed E-state index contributed by atoms with van der Waals surface area (Å²) >= 11 is 0. The van der Waals surface area contributed by atoms with Crippen LogP contribution in [-0.2, 0) is 9.53 Å². The molecular formula is C13H26N2O3. The second-order valence-corrected chi connectivity index (χ2v) is 4.79. The largest absolute Gasteiger partial charge is 0.481 e. The van der Waals surface area contributed by atoms with Crippen LogP contribution in [0, 0.1) is 0 Å². The zero-order valence-electron chi connectivity index (χ0n) is 11.4. The van der Waals surface area contributed by atoms with Crippen LogP contribution in [0.1, 0.15) is 26.2 Å². The first-order valence-corrected chi connectivity index (χ1v) is 6.96. The van der Waals surface area contributed by atoms with Crippen LogP contribution >= 0.6 is 0 Å². The van der Waals surface area contributed by atoms with Gasteiger partial charge in [-0.1, -0.05) is 13.3 Å². The minimum atomic E-state index is -0.707.